The third kappa shape index (κ3) is 3.76. The number of carbonyl (C=O) groups excluding carboxylic acids is 1. The Morgan fingerprint density at radius 1 is 1.14 bits per heavy atom. The molecule has 150 valence electrons. The predicted octanol–water partition coefficient (Wildman–Crippen LogP) is 1.85. The normalized spacial score (nSPS) is 20.5. The van der Waals surface area contributed by atoms with Gasteiger partial charge in [0.05, 0.1) is 0 Å². The standard InChI is InChI=1S/C21H30N6O/c1-24(2)18-8-4-6-16(14-18)21(28)26-11-9-19-22-23-20(27(19)13-12-26)17-7-5-10-25(3)15-17/h4,6,8,14,17H,5,7,9-13,15H2,1-3H3/t17-/m1/s1. The van der Waals surface area contributed by atoms with Crippen molar-refractivity contribution in [3.05, 3.63) is 41.5 Å². The molecule has 2 aliphatic heterocycles. The summed E-state index contributed by atoms with van der Waals surface area (Å²) in [7, 11) is 6.16. The van der Waals surface area contributed by atoms with Crippen molar-refractivity contribution in [1.82, 2.24) is 24.6 Å². The van der Waals surface area contributed by atoms with Crippen LogP contribution in [0, 0.1) is 0 Å². The summed E-state index contributed by atoms with van der Waals surface area (Å²) in [6.07, 6.45) is 3.13. The lowest BCUT2D eigenvalue weighted by molar-refractivity contribution is 0.0758. The molecule has 3 heterocycles. The number of aromatic nitrogens is 3. The van der Waals surface area contributed by atoms with Crippen LogP contribution in [0.15, 0.2) is 24.3 Å². The van der Waals surface area contributed by atoms with Gasteiger partial charge in [-0.25, -0.2) is 0 Å². The summed E-state index contributed by atoms with van der Waals surface area (Å²) in [5, 5.41) is 9.00. The van der Waals surface area contributed by atoms with E-state index in [1.165, 1.54) is 12.8 Å². The first-order valence-corrected chi connectivity index (χ1v) is 10.2. The van der Waals surface area contributed by atoms with Gasteiger partial charge in [-0.1, -0.05) is 6.07 Å². The van der Waals surface area contributed by atoms with Crippen LogP contribution >= 0.6 is 0 Å². The summed E-state index contributed by atoms with van der Waals surface area (Å²) in [5.74, 6) is 2.66. The first-order chi connectivity index (χ1) is 13.5. The molecule has 7 heteroatoms. The first-order valence-electron chi connectivity index (χ1n) is 10.2. The second-order valence-corrected chi connectivity index (χ2v) is 8.21. The average Bonchev–Trinajstić information content (AvgIpc) is 2.99. The highest BCUT2D eigenvalue weighted by Gasteiger charge is 2.28. The minimum atomic E-state index is 0.0985. The maximum Gasteiger partial charge on any atom is 0.254 e. The molecule has 1 aromatic heterocycles. The molecule has 1 atom stereocenters. The number of benzene rings is 1. The highest BCUT2D eigenvalue weighted by atomic mass is 16.2. The summed E-state index contributed by atoms with van der Waals surface area (Å²) in [5.41, 5.74) is 1.79. The number of likely N-dealkylation sites (tertiary alicyclic amines) is 1. The molecule has 1 fully saturated rings. The molecule has 0 bridgehead atoms. The molecule has 2 aromatic rings. The third-order valence-electron chi connectivity index (χ3n) is 5.94. The second-order valence-electron chi connectivity index (χ2n) is 8.21. The zero-order chi connectivity index (χ0) is 19.7. The topological polar surface area (TPSA) is 57.5 Å². The van der Waals surface area contributed by atoms with Crippen LogP contribution in [0.25, 0.3) is 0 Å². The molecule has 0 spiro atoms. The molecule has 28 heavy (non-hydrogen) atoms. The van der Waals surface area contributed by atoms with Crippen molar-refractivity contribution < 1.29 is 4.79 Å². The summed E-state index contributed by atoms with van der Waals surface area (Å²) in [6, 6.07) is 7.85. The Morgan fingerprint density at radius 3 is 2.79 bits per heavy atom. The van der Waals surface area contributed by atoms with E-state index < -0.39 is 0 Å². The van der Waals surface area contributed by atoms with Gasteiger partial charge in [-0.05, 0) is 44.6 Å². The molecule has 4 rings (SSSR count). The van der Waals surface area contributed by atoms with E-state index in [1.807, 2.05) is 48.2 Å². The van der Waals surface area contributed by atoms with Gasteiger partial charge < -0.3 is 19.3 Å². The Balaban J connectivity index is 1.49. The van der Waals surface area contributed by atoms with E-state index in [-0.39, 0.29) is 5.91 Å². The van der Waals surface area contributed by atoms with Gasteiger partial charge in [0.2, 0.25) is 0 Å². The summed E-state index contributed by atoms with van der Waals surface area (Å²) in [6.45, 7) is 4.36. The summed E-state index contributed by atoms with van der Waals surface area (Å²) < 4.78 is 2.27. The van der Waals surface area contributed by atoms with Crippen LogP contribution in [0.3, 0.4) is 0 Å². The number of fused-ring (bicyclic) bond motifs is 1. The quantitative estimate of drug-likeness (QED) is 0.811. The zero-order valence-corrected chi connectivity index (χ0v) is 17.1. The highest BCUT2D eigenvalue weighted by molar-refractivity contribution is 5.95. The average molecular weight is 383 g/mol. The Morgan fingerprint density at radius 2 is 2.00 bits per heavy atom. The number of piperidine rings is 1. The molecular weight excluding hydrogens is 352 g/mol. The van der Waals surface area contributed by atoms with Gasteiger partial charge in [-0.2, -0.15) is 0 Å². The Kier molecular flexibility index (Phi) is 5.35. The molecule has 1 amide bonds. The van der Waals surface area contributed by atoms with Crippen LogP contribution in [0.2, 0.25) is 0 Å². The molecular formula is C21H30N6O. The monoisotopic (exact) mass is 382 g/mol. The van der Waals surface area contributed by atoms with Gasteiger partial charge in [0.25, 0.3) is 5.91 Å². The fourth-order valence-electron chi connectivity index (χ4n) is 4.33. The van der Waals surface area contributed by atoms with Gasteiger partial charge in [-0.3, -0.25) is 4.79 Å². The van der Waals surface area contributed by atoms with E-state index in [4.69, 9.17) is 0 Å². The molecule has 2 aliphatic rings. The van der Waals surface area contributed by atoms with E-state index in [9.17, 15) is 4.79 Å². The van der Waals surface area contributed by atoms with Gasteiger partial charge >= 0.3 is 0 Å². The van der Waals surface area contributed by atoms with E-state index in [0.29, 0.717) is 19.0 Å². The predicted molar refractivity (Wildman–Crippen MR) is 110 cm³/mol. The lowest BCUT2D eigenvalue weighted by Gasteiger charge is -2.29. The van der Waals surface area contributed by atoms with Crippen molar-refractivity contribution in [2.45, 2.75) is 31.7 Å². The van der Waals surface area contributed by atoms with Gasteiger partial charge in [0.1, 0.15) is 11.6 Å². The molecule has 1 saturated heterocycles. The summed E-state index contributed by atoms with van der Waals surface area (Å²) >= 11 is 0. The number of likely N-dealkylation sites (N-methyl/N-ethyl adjacent to an activating group) is 1. The van der Waals surface area contributed by atoms with Gasteiger partial charge in [0, 0.05) is 63.9 Å². The Bertz CT molecular complexity index is 845. The van der Waals surface area contributed by atoms with Gasteiger partial charge in [0.15, 0.2) is 0 Å². The van der Waals surface area contributed by atoms with Crippen molar-refractivity contribution >= 4 is 11.6 Å². The first kappa shape index (κ1) is 18.9. The fourth-order valence-corrected chi connectivity index (χ4v) is 4.33. The summed E-state index contributed by atoms with van der Waals surface area (Å²) in [4.78, 5) is 19.4. The van der Waals surface area contributed by atoms with Crippen LogP contribution in [-0.4, -0.2) is 77.8 Å². The molecule has 0 radical (unpaired) electrons. The largest absolute Gasteiger partial charge is 0.378 e. The second kappa shape index (κ2) is 7.91. The van der Waals surface area contributed by atoms with Crippen molar-refractivity contribution in [2.75, 3.05) is 52.2 Å². The smallest absolute Gasteiger partial charge is 0.254 e. The number of anilines is 1. The molecule has 0 unspecified atom stereocenters. The van der Waals surface area contributed by atoms with Crippen molar-refractivity contribution in [2.24, 2.45) is 0 Å². The van der Waals surface area contributed by atoms with E-state index >= 15 is 0 Å². The van der Waals surface area contributed by atoms with Gasteiger partial charge in [-0.15, -0.1) is 10.2 Å². The number of amides is 1. The van der Waals surface area contributed by atoms with Crippen LogP contribution in [0.5, 0.6) is 0 Å². The molecule has 0 saturated carbocycles. The molecule has 1 aromatic carbocycles. The van der Waals surface area contributed by atoms with E-state index in [1.54, 1.807) is 0 Å². The lowest BCUT2D eigenvalue weighted by atomic mass is 9.97. The molecule has 0 aliphatic carbocycles. The minimum Gasteiger partial charge on any atom is -0.378 e. The number of hydrogen-bond acceptors (Lipinski definition) is 5. The van der Waals surface area contributed by atoms with Crippen LogP contribution in [0.4, 0.5) is 5.69 Å². The van der Waals surface area contributed by atoms with Crippen LogP contribution < -0.4 is 4.90 Å². The van der Waals surface area contributed by atoms with E-state index in [0.717, 1.165) is 49.0 Å². The lowest BCUT2D eigenvalue weighted by Crippen LogP contribution is -2.34. The van der Waals surface area contributed by atoms with Crippen LogP contribution in [-0.2, 0) is 13.0 Å². The van der Waals surface area contributed by atoms with Crippen LogP contribution in [0.1, 0.15) is 40.8 Å². The highest BCUT2D eigenvalue weighted by Crippen LogP contribution is 2.26. The maximum atomic E-state index is 13.1. The fraction of sp³-hybridized carbons (Fsp3) is 0.571. The number of carbonyl (C=O) groups is 1. The Labute approximate surface area is 166 Å². The number of rotatable bonds is 3. The SMILES string of the molecule is CN1CCC[C@@H](c2nnc3n2CCN(C(=O)c2cccc(N(C)C)c2)CC3)C1. The minimum absolute atomic E-state index is 0.0985. The van der Waals surface area contributed by atoms with E-state index in [2.05, 4.69) is 26.7 Å². The van der Waals surface area contributed by atoms with Crippen molar-refractivity contribution in [3.63, 3.8) is 0 Å². The third-order valence-corrected chi connectivity index (χ3v) is 5.94. The number of nitrogens with zero attached hydrogens (tertiary/aromatic N) is 6. The number of hydrogen-bond donors (Lipinski definition) is 0. The molecule has 7 nitrogen and oxygen atoms in total. The zero-order valence-electron chi connectivity index (χ0n) is 17.1. The Hall–Kier alpha value is -2.41. The molecule has 0 N–H and O–H groups in total. The maximum absolute atomic E-state index is 13.1. The van der Waals surface area contributed by atoms with Crippen molar-refractivity contribution in [3.8, 4) is 0 Å². The van der Waals surface area contributed by atoms with Crippen molar-refractivity contribution in [1.29, 1.82) is 0 Å².